The van der Waals surface area contributed by atoms with Crippen molar-refractivity contribution < 1.29 is 4.39 Å². The number of nitrogens with zero attached hydrogens (tertiary/aromatic N) is 1. The van der Waals surface area contributed by atoms with Crippen molar-refractivity contribution in [2.75, 3.05) is 0 Å². The molecule has 0 spiro atoms. The van der Waals surface area contributed by atoms with Crippen molar-refractivity contribution in [3.8, 4) is 11.3 Å². The van der Waals surface area contributed by atoms with Crippen LogP contribution in [-0.2, 0) is 6.42 Å². The summed E-state index contributed by atoms with van der Waals surface area (Å²) in [4.78, 5) is 7.41. The lowest BCUT2D eigenvalue weighted by atomic mass is 10.2. The van der Waals surface area contributed by atoms with Crippen LogP contribution in [0.1, 0.15) is 12.7 Å². The van der Waals surface area contributed by atoms with Gasteiger partial charge in [-0.1, -0.05) is 0 Å². The van der Waals surface area contributed by atoms with Gasteiger partial charge in [-0.25, -0.2) is 9.37 Å². The standard InChI is InChI=1S/C12H13BrFN3/c1-7(15)4-12-16-6-11(17-12)8-2-3-10(14)9(13)5-8/h2-3,5-7H,4,15H2,1H3,(H,16,17). The molecule has 1 atom stereocenters. The molecule has 1 heterocycles. The van der Waals surface area contributed by atoms with Crippen molar-refractivity contribution in [2.45, 2.75) is 19.4 Å². The third-order valence-electron chi connectivity index (χ3n) is 2.37. The van der Waals surface area contributed by atoms with Gasteiger partial charge in [0.2, 0.25) is 0 Å². The van der Waals surface area contributed by atoms with Crippen molar-refractivity contribution in [2.24, 2.45) is 5.73 Å². The first-order chi connectivity index (χ1) is 8.06. The Labute approximate surface area is 107 Å². The first-order valence-corrected chi connectivity index (χ1v) is 6.10. The van der Waals surface area contributed by atoms with Crippen molar-refractivity contribution in [1.29, 1.82) is 0 Å². The molecule has 3 N–H and O–H groups in total. The topological polar surface area (TPSA) is 54.7 Å². The van der Waals surface area contributed by atoms with Gasteiger partial charge in [0.25, 0.3) is 0 Å². The summed E-state index contributed by atoms with van der Waals surface area (Å²) < 4.78 is 13.5. The monoisotopic (exact) mass is 297 g/mol. The zero-order valence-electron chi connectivity index (χ0n) is 9.37. The first kappa shape index (κ1) is 12.3. The summed E-state index contributed by atoms with van der Waals surface area (Å²) in [6.07, 6.45) is 2.43. The van der Waals surface area contributed by atoms with E-state index in [2.05, 4.69) is 25.9 Å². The van der Waals surface area contributed by atoms with Crippen LogP contribution in [-0.4, -0.2) is 16.0 Å². The number of aromatic amines is 1. The van der Waals surface area contributed by atoms with Gasteiger partial charge in [-0.3, -0.25) is 0 Å². The van der Waals surface area contributed by atoms with Gasteiger partial charge in [0.15, 0.2) is 0 Å². The predicted octanol–water partition coefficient (Wildman–Crippen LogP) is 2.87. The maximum atomic E-state index is 13.1. The van der Waals surface area contributed by atoms with Gasteiger partial charge in [-0.2, -0.15) is 0 Å². The van der Waals surface area contributed by atoms with Crippen molar-refractivity contribution >= 4 is 15.9 Å². The van der Waals surface area contributed by atoms with E-state index < -0.39 is 0 Å². The van der Waals surface area contributed by atoms with Crippen LogP contribution in [0, 0.1) is 5.82 Å². The molecule has 2 rings (SSSR count). The minimum Gasteiger partial charge on any atom is -0.342 e. The second-order valence-corrected chi connectivity index (χ2v) is 4.91. The molecule has 0 fully saturated rings. The Kier molecular flexibility index (Phi) is 3.59. The predicted molar refractivity (Wildman–Crippen MR) is 69.0 cm³/mol. The van der Waals surface area contributed by atoms with Gasteiger partial charge in [-0.05, 0) is 41.1 Å². The quantitative estimate of drug-likeness (QED) is 0.915. The molecule has 0 aliphatic rings. The third kappa shape index (κ3) is 2.92. The van der Waals surface area contributed by atoms with E-state index in [1.54, 1.807) is 18.3 Å². The first-order valence-electron chi connectivity index (χ1n) is 5.31. The fourth-order valence-electron chi connectivity index (χ4n) is 1.58. The summed E-state index contributed by atoms with van der Waals surface area (Å²) in [5.74, 6) is 0.569. The Bertz CT molecular complexity index is 522. The molecule has 0 bridgehead atoms. The molecule has 1 aromatic carbocycles. The molecule has 0 aliphatic carbocycles. The van der Waals surface area contributed by atoms with E-state index in [9.17, 15) is 4.39 Å². The maximum absolute atomic E-state index is 13.1. The molecule has 90 valence electrons. The zero-order valence-corrected chi connectivity index (χ0v) is 11.0. The highest BCUT2D eigenvalue weighted by molar-refractivity contribution is 9.10. The van der Waals surface area contributed by atoms with Crippen LogP contribution in [0.5, 0.6) is 0 Å². The molecule has 0 saturated carbocycles. The van der Waals surface area contributed by atoms with Gasteiger partial charge in [0, 0.05) is 18.0 Å². The number of rotatable bonds is 3. The van der Waals surface area contributed by atoms with Gasteiger partial charge in [-0.15, -0.1) is 0 Å². The lowest BCUT2D eigenvalue weighted by Crippen LogP contribution is -2.18. The van der Waals surface area contributed by atoms with Crippen molar-refractivity contribution in [1.82, 2.24) is 9.97 Å². The van der Waals surface area contributed by atoms with Crippen LogP contribution in [0.25, 0.3) is 11.3 Å². The lowest BCUT2D eigenvalue weighted by molar-refractivity contribution is 0.621. The second-order valence-electron chi connectivity index (χ2n) is 4.05. The molecule has 0 amide bonds. The van der Waals surface area contributed by atoms with Crippen LogP contribution in [0.15, 0.2) is 28.9 Å². The highest BCUT2D eigenvalue weighted by atomic mass is 79.9. The van der Waals surface area contributed by atoms with E-state index in [1.807, 2.05) is 6.92 Å². The van der Waals surface area contributed by atoms with Crippen molar-refractivity contribution in [3.05, 3.63) is 40.5 Å². The Morgan fingerprint density at radius 3 is 2.94 bits per heavy atom. The third-order valence-corrected chi connectivity index (χ3v) is 2.98. The van der Waals surface area contributed by atoms with Crippen LogP contribution in [0.2, 0.25) is 0 Å². The fraction of sp³-hybridized carbons (Fsp3) is 0.250. The largest absolute Gasteiger partial charge is 0.342 e. The number of H-pyrrole nitrogens is 1. The Hall–Kier alpha value is -1.20. The molecule has 1 aromatic heterocycles. The number of nitrogens with two attached hydrogens (primary N) is 1. The molecule has 0 saturated heterocycles. The zero-order chi connectivity index (χ0) is 12.4. The van der Waals surface area contributed by atoms with E-state index in [0.717, 1.165) is 17.1 Å². The van der Waals surface area contributed by atoms with E-state index in [1.165, 1.54) is 6.07 Å². The number of aromatic nitrogens is 2. The molecule has 3 nitrogen and oxygen atoms in total. The molecule has 17 heavy (non-hydrogen) atoms. The normalized spacial score (nSPS) is 12.7. The maximum Gasteiger partial charge on any atom is 0.137 e. The van der Waals surface area contributed by atoms with Crippen LogP contribution in [0.3, 0.4) is 0 Å². The van der Waals surface area contributed by atoms with Gasteiger partial charge in [0.05, 0.1) is 16.4 Å². The second kappa shape index (κ2) is 4.98. The highest BCUT2D eigenvalue weighted by Gasteiger charge is 2.07. The summed E-state index contributed by atoms with van der Waals surface area (Å²) >= 11 is 3.16. The van der Waals surface area contributed by atoms with E-state index in [4.69, 9.17) is 5.73 Å². The number of halogens is 2. The average Bonchev–Trinajstić information content (AvgIpc) is 2.69. The average molecular weight is 298 g/mol. The molecule has 5 heteroatoms. The number of nitrogens with one attached hydrogen (secondary N) is 1. The summed E-state index contributed by atoms with van der Waals surface area (Å²) in [6, 6.07) is 4.92. The molecule has 0 aliphatic heterocycles. The summed E-state index contributed by atoms with van der Waals surface area (Å²) in [5.41, 5.74) is 7.45. The summed E-state index contributed by atoms with van der Waals surface area (Å²) in [5, 5.41) is 0. The smallest absolute Gasteiger partial charge is 0.137 e. The van der Waals surface area contributed by atoms with Crippen LogP contribution < -0.4 is 5.73 Å². The molecule has 2 aromatic rings. The minimum absolute atomic E-state index is 0.0638. The summed E-state index contributed by atoms with van der Waals surface area (Å²) in [6.45, 7) is 1.93. The lowest BCUT2D eigenvalue weighted by Gasteiger charge is -2.01. The molecular weight excluding hydrogens is 285 g/mol. The number of benzene rings is 1. The SMILES string of the molecule is CC(N)Cc1ncc(-c2ccc(F)c(Br)c2)[nH]1. The number of hydrogen-bond acceptors (Lipinski definition) is 2. The summed E-state index contributed by atoms with van der Waals surface area (Å²) in [7, 11) is 0. The Morgan fingerprint density at radius 2 is 2.29 bits per heavy atom. The van der Waals surface area contributed by atoms with Gasteiger partial charge >= 0.3 is 0 Å². The molecule has 1 unspecified atom stereocenters. The minimum atomic E-state index is -0.274. The van der Waals surface area contributed by atoms with Crippen LogP contribution in [0.4, 0.5) is 4.39 Å². The Balaban J connectivity index is 2.27. The molecule has 0 radical (unpaired) electrons. The highest BCUT2D eigenvalue weighted by Crippen LogP contribution is 2.24. The number of hydrogen-bond donors (Lipinski definition) is 2. The van der Waals surface area contributed by atoms with Crippen LogP contribution >= 0.6 is 15.9 Å². The molecular formula is C12H13BrFN3. The van der Waals surface area contributed by atoms with E-state index in [-0.39, 0.29) is 11.9 Å². The van der Waals surface area contributed by atoms with E-state index in [0.29, 0.717) is 10.9 Å². The van der Waals surface area contributed by atoms with Crippen molar-refractivity contribution in [3.63, 3.8) is 0 Å². The Morgan fingerprint density at radius 1 is 1.53 bits per heavy atom. The fourth-order valence-corrected chi connectivity index (χ4v) is 1.96. The van der Waals surface area contributed by atoms with E-state index >= 15 is 0 Å². The number of imidazole rings is 1. The van der Waals surface area contributed by atoms with Gasteiger partial charge < -0.3 is 10.7 Å². The van der Waals surface area contributed by atoms with Gasteiger partial charge in [0.1, 0.15) is 11.6 Å².